The van der Waals surface area contributed by atoms with Crippen molar-refractivity contribution < 1.29 is 84.4 Å². The molecule has 0 bridgehead atoms. The molecule has 8 heteroatoms. The molecule has 0 spiro atoms. The molecular weight excluding hydrogens is 225 g/mol. The van der Waals surface area contributed by atoms with E-state index in [9.17, 15) is 0 Å². The first kappa shape index (κ1) is 22.5. The van der Waals surface area contributed by atoms with Crippen molar-refractivity contribution >= 4 is 7.82 Å². The van der Waals surface area contributed by atoms with Gasteiger partial charge in [0.25, 0.3) is 0 Å². The Bertz CT molecular complexity index is 62.2. The van der Waals surface area contributed by atoms with E-state index in [0.717, 1.165) is 0 Å². The summed E-state index contributed by atoms with van der Waals surface area (Å²) in [6.07, 6.45) is 0. The Kier molecular flexibility index (Phi) is 25.9. The number of hydrogen-bond donors (Lipinski definition) is 0. The fourth-order valence-corrected chi connectivity index (χ4v) is 0. The van der Waals surface area contributed by atoms with Gasteiger partial charge in [0.2, 0.25) is 0 Å². The van der Waals surface area contributed by atoms with Crippen LogP contribution in [0.1, 0.15) is 0 Å². The van der Waals surface area contributed by atoms with Gasteiger partial charge in [0.15, 0.2) is 0 Å². The predicted octanol–water partition coefficient (Wildman–Crippen LogP) is -5.83. The van der Waals surface area contributed by atoms with Crippen molar-refractivity contribution in [2.24, 2.45) is 0 Å². The molecule has 0 N–H and O–H groups in total. The molecule has 0 aliphatic heterocycles. The molecule has 0 saturated heterocycles. The van der Waals surface area contributed by atoms with Crippen LogP contribution in [0.15, 0.2) is 0 Å². The average molecular weight is 225 g/mol. The van der Waals surface area contributed by atoms with Crippen molar-refractivity contribution in [2.75, 3.05) is 0 Å². The van der Waals surface area contributed by atoms with Crippen molar-refractivity contribution in [3.63, 3.8) is 0 Å². The van der Waals surface area contributed by atoms with Gasteiger partial charge >= 0.3 is 48.1 Å². The minimum absolute atomic E-state index is 0. The molecule has 41 valence electrons. The maximum absolute atomic E-state index is 8.55. The van der Waals surface area contributed by atoms with Crippen molar-refractivity contribution in [1.82, 2.24) is 0 Å². The van der Waals surface area contributed by atoms with Crippen LogP contribution in [-0.4, -0.2) is 0 Å². The summed E-state index contributed by atoms with van der Waals surface area (Å²) >= 11 is 0. The molecule has 0 aromatic carbocycles. The molecule has 0 aliphatic carbocycles. The van der Waals surface area contributed by atoms with Crippen LogP contribution in [-0.2, 0) is 40.2 Å². The Morgan fingerprint density at radius 3 is 1.12 bits per heavy atom. The summed E-state index contributed by atoms with van der Waals surface area (Å²) in [5.74, 6) is 0. The summed E-state index contributed by atoms with van der Waals surface area (Å²) in [4.78, 5) is 25.6. The molecule has 0 aromatic rings. The maximum atomic E-state index is 8.55. The number of rotatable bonds is 0. The summed E-state index contributed by atoms with van der Waals surface area (Å²) in [6, 6.07) is 0. The van der Waals surface area contributed by atoms with Crippen LogP contribution in [0.25, 0.3) is 0 Å². The van der Waals surface area contributed by atoms with E-state index in [1.54, 1.807) is 0 Å². The number of hydrogen-bond acceptors (Lipinski definition) is 4. The molecule has 0 heterocycles. The summed E-state index contributed by atoms with van der Waals surface area (Å²) in [7, 11) is -5.39. The number of phosphoric acid groups is 1. The van der Waals surface area contributed by atoms with Crippen molar-refractivity contribution in [3.05, 3.63) is 0 Å². The van der Waals surface area contributed by atoms with Crippen LogP contribution in [0.2, 0.25) is 0 Å². The van der Waals surface area contributed by atoms with Gasteiger partial charge < -0.3 is 19.2 Å². The maximum Gasteiger partial charge on any atom is 4.00 e. The van der Waals surface area contributed by atoms with Gasteiger partial charge in [0.1, 0.15) is 0 Å². The SMILES string of the molecule is O=P([O-])([O-])[O-].[Fe].[Na+].[V+4]. The minimum atomic E-state index is -5.39. The van der Waals surface area contributed by atoms with E-state index in [1.165, 1.54) is 0 Å². The Morgan fingerprint density at radius 1 is 1.12 bits per heavy atom. The molecule has 0 amide bonds. The van der Waals surface area contributed by atoms with Gasteiger partial charge in [-0.15, -0.1) is 0 Å². The molecular formula is FeNaO4PV+2. The van der Waals surface area contributed by atoms with Crippen LogP contribution in [0.4, 0.5) is 0 Å². The third kappa shape index (κ3) is 87.2. The van der Waals surface area contributed by atoms with E-state index in [-0.39, 0.29) is 65.2 Å². The first-order chi connectivity index (χ1) is 2.00. The second-order valence-electron chi connectivity index (χ2n) is 0.447. The zero-order chi connectivity index (χ0) is 4.50. The second kappa shape index (κ2) is 9.21. The Balaban J connectivity index is -0.0000000267. The Labute approximate surface area is 91.3 Å². The molecule has 0 saturated carbocycles. The molecule has 0 fully saturated rings. The van der Waals surface area contributed by atoms with Gasteiger partial charge in [0, 0.05) is 17.1 Å². The summed E-state index contributed by atoms with van der Waals surface area (Å²) < 4.78 is 8.55. The van der Waals surface area contributed by atoms with E-state index in [0.29, 0.717) is 0 Å². The topological polar surface area (TPSA) is 86.2 Å². The summed E-state index contributed by atoms with van der Waals surface area (Å²) in [6.45, 7) is 0. The van der Waals surface area contributed by atoms with E-state index in [1.807, 2.05) is 0 Å². The van der Waals surface area contributed by atoms with Crippen molar-refractivity contribution in [2.45, 2.75) is 0 Å². The Hall–Kier alpha value is 2.21. The largest absolute Gasteiger partial charge is 4.00 e. The molecule has 1 radical (unpaired) electrons. The van der Waals surface area contributed by atoms with Crippen LogP contribution in [0, 0.1) is 0 Å². The minimum Gasteiger partial charge on any atom is -0.822 e. The fraction of sp³-hybridized carbons (Fsp3) is 0. The summed E-state index contributed by atoms with van der Waals surface area (Å²) in [5, 5.41) is 0. The third-order valence-electron chi connectivity index (χ3n) is 0. The van der Waals surface area contributed by atoms with E-state index in [4.69, 9.17) is 19.2 Å². The monoisotopic (exact) mass is 225 g/mol. The van der Waals surface area contributed by atoms with Gasteiger partial charge in [-0.3, -0.25) is 0 Å². The quantitative estimate of drug-likeness (QED) is 0.303. The first-order valence-corrected chi connectivity index (χ1v) is 2.19. The zero-order valence-corrected chi connectivity index (χ0v) is 9.28. The first-order valence-electron chi connectivity index (χ1n) is 0.730. The van der Waals surface area contributed by atoms with Crippen molar-refractivity contribution in [1.29, 1.82) is 0 Å². The van der Waals surface area contributed by atoms with E-state index in [2.05, 4.69) is 0 Å². The Morgan fingerprint density at radius 2 is 1.12 bits per heavy atom. The molecule has 0 unspecified atom stereocenters. The average Bonchev–Trinajstić information content (AvgIpc) is 0.722. The fourth-order valence-electron chi connectivity index (χ4n) is 0. The van der Waals surface area contributed by atoms with E-state index >= 15 is 0 Å². The smallest absolute Gasteiger partial charge is 0.822 e. The molecule has 0 atom stereocenters. The summed E-state index contributed by atoms with van der Waals surface area (Å²) in [5.41, 5.74) is 0. The van der Waals surface area contributed by atoms with Gasteiger partial charge in [0.05, 0.1) is 0 Å². The molecule has 0 aromatic heterocycles. The standard InChI is InChI=1S/Fe.Na.H3O4P.V/c;;1-5(2,3)4;/h;;(H3,1,2,3,4);/q;+1;;+4/p-3. The van der Waals surface area contributed by atoms with Crippen LogP contribution < -0.4 is 44.2 Å². The van der Waals surface area contributed by atoms with Gasteiger partial charge in [-0.2, -0.15) is 7.82 Å². The van der Waals surface area contributed by atoms with Gasteiger partial charge in [-0.1, -0.05) is 0 Å². The zero-order valence-electron chi connectivity index (χ0n) is 3.88. The normalized spacial score (nSPS) is 7.38. The molecule has 8 heavy (non-hydrogen) atoms. The van der Waals surface area contributed by atoms with Crippen LogP contribution in [0.5, 0.6) is 0 Å². The third-order valence-corrected chi connectivity index (χ3v) is 0. The van der Waals surface area contributed by atoms with Crippen LogP contribution >= 0.6 is 7.82 Å². The predicted molar refractivity (Wildman–Crippen MR) is 7.61 cm³/mol. The molecule has 4 nitrogen and oxygen atoms in total. The second-order valence-corrected chi connectivity index (χ2v) is 1.34. The van der Waals surface area contributed by atoms with Gasteiger partial charge in [-0.05, 0) is 0 Å². The van der Waals surface area contributed by atoms with Crippen LogP contribution in [0.3, 0.4) is 0 Å². The molecule has 0 aliphatic rings. The van der Waals surface area contributed by atoms with E-state index < -0.39 is 7.82 Å². The van der Waals surface area contributed by atoms with Gasteiger partial charge in [-0.25, -0.2) is 0 Å². The molecule has 0 rings (SSSR count). The van der Waals surface area contributed by atoms with Crippen molar-refractivity contribution in [3.8, 4) is 0 Å².